The van der Waals surface area contributed by atoms with Crippen molar-refractivity contribution < 1.29 is 19.1 Å². The highest BCUT2D eigenvalue weighted by Crippen LogP contribution is 2.27. The van der Waals surface area contributed by atoms with Gasteiger partial charge in [0.05, 0.1) is 31.2 Å². The second kappa shape index (κ2) is 13.1. The van der Waals surface area contributed by atoms with E-state index in [4.69, 9.17) is 9.47 Å². The molecule has 3 rings (SSSR count). The number of hydrogen-bond acceptors (Lipinski definition) is 5. The molecule has 0 spiro atoms. The highest BCUT2D eigenvalue weighted by molar-refractivity contribution is 9.10. The lowest BCUT2D eigenvalue weighted by molar-refractivity contribution is -0.113. The molecular formula is C26H27BrN2O4S. The average molecular weight is 543 g/mol. The number of hydrogen-bond donors (Lipinski definition) is 2. The van der Waals surface area contributed by atoms with Crippen LogP contribution in [-0.4, -0.2) is 38.3 Å². The molecule has 0 bridgehead atoms. The summed E-state index contributed by atoms with van der Waals surface area (Å²) < 4.78 is 11.6. The van der Waals surface area contributed by atoms with Crippen molar-refractivity contribution in [3.05, 3.63) is 87.9 Å². The number of rotatable bonds is 11. The van der Waals surface area contributed by atoms with E-state index in [0.717, 1.165) is 15.6 Å². The molecule has 0 heterocycles. The minimum absolute atomic E-state index is 0.150. The van der Waals surface area contributed by atoms with Crippen LogP contribution in [0.1, 0.15) is 21.5 Å². The van der Waals surface area contributed by atoms with Gasteiger partial charge in [0, 0.05) is 16.8 Å². The van der Waals surface area contributed by atoms with Crippen LogP contribution in [0, 0.1) is 0 Å². The standard InChI is InChI=1S/C26H27BrN2O4S/c1-32-23-12-11-18(15-24(23)33-2)13-14-28-26(31)20-8-4-6-10-22(20)29-25(30)17-34-16-19-7-3-5-9-21(19)27/h3-12,15H,13-14,16-17H2,1-2H3,(H,28,31)(H,29,30). The molecule has 0 aliphatic carbocycles. The molecule has 0 fully saturated rings. The van der Waals surface area contributed by atoms with Gasteiger partial charge in [-0.3, -0.25) is 9.59 Å². The third kappa shape index (κ3) is 7.27. The van der Waals surface area contributed by atoms with Gasteiger partial charge >= 0.3 is 0 Å². The number of benzene rings is 3. The Morgan fingerprint density at radius 3 is 2.44 bits per heavy atom. The summed E-state index contributed by atoms with van der Waals surface area (Å²) in [5.74, 6) is 1.93. The Bertz CT molecular complexity index is 1140. The third-order valence-corrected chi connectivity index (χ3v) is 6.80. The van der Waals surface area contributed by atoms with Crippen LogP contribution in [0.5, 0.6) is 11.5 Å². The normalized spacial score (nSPS) is 10.4. The van der Waals surface area contributed by atoms with E-state index < -0.39 is 0 Å². The molecule has 178 valence electrons. The fourth-order valence-electron chi connectivity index (χ4n) is 3.30. The lowest BCUT2D eigenvalue weighted by Gasteiger charge is -2.12. The van der Waals surface area contributed by atoms with E-state index in [9.17, 15) is 9.59 Å². The molecule has 0 saturated carbocycles. The lowest BCUT2D eigenvalue weighted by Crippen LogP contribution is -2.27. The maximum Gasteiger partial charge on any atom is 0.253 e. The van der Waals surface area contributed by atoms with Gasteiger partial charge in [0.1, 0.15) is 0 Å². The predicted octanol–water partition coefficient (Wildman–Crippen LogP) is 5.31. The van der Waals surface area contributed by atoms with Crippen LogP contribution >= 0.6 is 27.7 Å². The highest BCUT2D eigenvalue weighted by Gasteiger charge is 2.13. The molecule has 0 saturated heterocycles. The van der Waals surface area contributed by atoms with E-state index >= 15 is 0 Å². The van der Waals surface area contributed by atoms with Crippen molar-refractivity contribution in [2.75, 3.05) is 31.8 Å². The van der Waals surface area contributed by atoms with E-state index in [1.54, 1.807) is 38.5 Å². The number of methoxy groups -OCH3 is 2. The van der Waals surface area contributed by atoms with Gasteiger partial charge in [-0.25, -0.2) is 0 Å². The summed E-state index contributed by atoms with van der Waals surface area (Å²) in [4.78, 5) is 25.3. The van der Waals surface area contributed by atoms with Gasteiger partial charge in [-0.05, 0) is 47.9 Å². The van der Waals surface area contributed by atoms with Gasteiger partial charge in [-0.1, -0.05) is 52.3 Å². The molecule has 3 aromatic carbocycles. The second-order valence-corrected chi connectivity index (χ2v) is 9.21. The van der Waals surface area contributed by atoms with Gasteiger partial charge in [0.2, 0.25) is 5.91 Å². The summed E-state index contributed by atoms with van der Waals surface area (Å²) >= 11 is 5.04. The summed E-state index contributed by atoms with van der Waals surface area (Å²) in [5, 5.41) is 5.79. The molecule has 3 aromatic rings. The largest absolute Gasteiger partial charge is 0.493 e. The van der Waals surface area contributed by atoms with Gasteiger partial charge in [0.15, 0.2) is 11.5 Å². The fraction of sp³-hybridized carbons (Fsp3) is 0.231. The summed E-state index contributed by atoms with van der Waals surface area (Å²) in [5.41, 5.74) is 3.08. The van der Waals surface area contributed by atoms with E-state index in [1.807, 2.05) is 42.5 Å². The zero-order valence-corrected chi connectivity index (χ0v) is 21.5. The van der Waals surface area contributed by atoms with Crippen LogP contribution in [0.4, 0.5) is 5.69 Å². The molecule has 0 atom stereocenters. The van der Waals surface area contributed by atoms with Gasteiger partial charge < -0.3 is 20.1 Å². The number of carbonyl (C=O) groups excluding carboxylic acids is 2. The topological polar surface area (TPSA) is 76.7 Å². The molecule has 34 heavy (non-hydrogen) atoms. The molecule has 0 aromatic heterocycles. The van der Waals surface area contributed by atoms with E-state index in [0.29, 0.717) is 41.5 Å². The van der Waals surface area contributed by atoms with E-state index in [2.05, 4.69) is 26.6 Å². The zero-order chi connectivity index (χ0) is 24.3. The quantitative estimate of drug-likeness (QED) is 0.343. The minimum Gasteiger partial charge on any atom is -0.493 e. The van der Waals surface area contributed by atoms with Crippen molar-refractivity contribution >= 4 is 45.2 Å². The highest BCUT2D eigenvalue weighted by atomic mass is 79.9. The first-order valence-corrected chi connectivity index (χ1v) is 12.7. The van der Waals surface area contributed by atoms with Crippen LogP contribution in [0.2, 0.25) is 0 Å². The van der Waals surface area contributed by atoms with Gasteiger partial charge in [-0.2, -0.15) is 0 Å². The van der Waals surface area contributed by atoms with Crippen LogP contribution < -0.4 is 20.1 Å². The molecule has 8 heteroatoms. The van der Waals surface area contributed by atoms with Crippen LogP contribution in [0.3, 0.4) is 0 Å². The molecule has 0 unspecified atom stereocenters. The number of ether oxygens (including phenoxy) is 2. The minimum atomic E-state index is -0.239. The van der Waals surface area contributed by atoms with Gasteiger partial charge in [-0.15, -0.1) is 11.8 Å². The summed E-state index contributed by atoms with van der Waals surface area (Å²) in [6.45, 7) is 0.443. The number of nitrogens with one attached hydrogen (secondary N) is 2. The summed E-state index contributed by atoms with van der Waals surface area (Å²) in [6, 6.07) is 20.6. The zero-order valence-electron chi connectivity index (χ0n) is 19.1. The number of anilines is 1. The Kier molecular flexibility index (Phi) is 9.85. The van der Waals surface area contributed by atoms with Crippen LogP contribution in [0.25, 0.3) is 0 Å². The van der Waals surface area contributed by atoms with Crippen molar-refractivity contribution in [1.82, 2.24) is 5.32 Å². The number of halogens is 1. The molecule has 2 amide bonds. The molecule has 0 radical (unpaired) electrons. The monoisotopic (exact) mass is 542 g/mol. The molecule has 0 aliphatic rings. The van der Waals surface area contributed by atoms with Crippen molar-refractivity contribution in [3.63, 3.8) is 0 Å². The van der Waals surface area contributed by atoms with E-state index in [-0.39, 0.29) is 17.6 Å². The smallest absolute Gasteiger partial charge is 0.253 e. The Labute approximate surface area is 212 Å². The van der Waals surface area contributed by atoms with Crippen molar-refractivity contribution in [2.45, 2.75) is 12.2 Å². The van der Waals surface area contributed by atoms with Crippen molar-refractivity contribution in [1.29, 1.82) is 0 Å². The van der Waals surface area contributed by atoms with Crippen LogP contribution in [0.15, 0.2) is 71.2 Å². The van der Waals surface area contributed by atoms with Crippen molar-refractivity contribution in [3.8, 4) is 11.5 Å². The fourth-order valence-corrected chi connectivity index (χ4v) is 4.74. The Morgan fingerprint density at radius 2 is 1.68 bits per heavy atom. The number of carbonyl (C=O) groups is 2. The van der Waals surface area contributed by atoms with Crippen LogP contribution in [-0.2, 0) is 17.0 Å². The van der Waals surface area contributed by atoms with Crippen molar-refractivity contribution in [2.24, 2.45) is 0 Å². The first-order chi connectivity index (χ1) is 16.5. The molecule has 2 N–H and O–H groups in total. The predicted molar refractivity (Wildman–Crippen MR) is 141 cm³/mol. The Morgan fingerprint density at radius 1 is 0.941 bits per heavy atom. The Hall–Kier alpha value is -2.97. The molecule has 0 aliphatic heterocycles. The SMILES string of the molecule is COc1ccc(CCNC(=O)c2ccccc2NC(=O)CSCc2ccccc2Br)cc1OC. The first-order valence-electron chi connectivity index (χ1n) is 10.7. The second-order valence-electron chi connectivity index (χ2n) is 7.37. The molecule has 6 nitrogen and oxygen atoms in total. The summed E-state index contributed by atoms with van der Waals surface area (Å²) in [7, 11) is 3.18. The van der Waals surface area contributed by atoms with Gasteiger partial charge in [0.25, 0.3) is 5.91 Å². The maximum atomic E-state index is 12.8. The first kappa shape index (κ1) is 25.6. The average Bonchev–Trinajstić information content (AvgIpc) is 2.85. The van der Waals surface area contributed by atoms with E-state index in [1.165, 1.54) is 11.8 Å². The lowest BCUT2D eigenvalue weighted by atomic mass is 10.1. The number of thioether (sulfide) groups is 1. The summed E-state index contributed by atoms with van der Waals surface area (Å²) in [6.07, 6.45) is 0.631. The Balaban J connectivity index is 1.52. The third-order valence-electron chi connectivity index (χ3n) is 5.04. The number of amides is 2. The maximum absolute atomic E-state index is 12.8. The molecular weight excluding hydrogens is 516 g/mol. The number of para-hydroxylation sites is 1.